The van der Waals surface area contributed by atoms with E-state index in [-0.39, 0.29) is 30.3 Å². The summed E-state index contributed by atoms with van der Waals surface area (Å²) in [4.78, 5) is 11.4. The van der Waals surface area contributed by atoms with Crippen molar-refractivity contribution in [2.75, 3.05) is 6.61 Å². The molecule has 6 nitrogen and oxygen atoms in total. The Labute approximate surface area is 104 Å². The van der Waals surface area contributed by atoms with E-state index in [0.29, 0.717) is 6.61 Å². The van der Waals surface area contributed by atoms with Crippen molar-refractivity contribution in [3.8, 4) is 0 Å². The summed E-state index contributed by atoms with van der Waals surface area (Å²) in [6.07, 6.45) is 2.36. The van der Waals surface area contributed by atoms with Crippen LogP contribution in [0.2, 0.25) is 0 Å². The van der Waals surface area contributed by atoms with E-state index >= 15 is 0 Å². The highest BCUT2D eigenvalue weighted by Crippen LogP contribution is 2.46. The van der Waals surface area contributed by atoms with Gasteiger partial charge in [-0.3, -0.25) is 4.79 Å². The Morgan fingerprint density at radius 3 is 2.83 bits per heavy atom. The molecule has 4 heterocycles. The highest BCUT2D eigenvalue weighted by atomic mass is 16.8. The fourth-order valence-corrected chi connectivity index (χ4v) is 3.19. The van der Waals surface area contributed by atoms with Crippen LogP contribution in [0.15, 0.2) is 12.2 Å². The first kappa shape index (κ1) is 10.9. The Morgan fingerprint density at radius 1 is 1.33 bits per heavy atom. The van der Waals surface area contributed by atoms with Crippen molar-refractivity contribution < 1.29 is 23.7 Å². The molecule has 0 aromatic rings. The van der Waals surface area contributed by atoms with Gasteiger partial charge in [-0.2, -0.15) is 0 Å². The second-order valence-corrected chi connectivity index (χ2v) is 5.59. The molecular formula is C12H15NO5. The highest BCUT2D eigenvalue weighted by Gasteiger charge is 2.65. The Morgan fingerprint density at radius 2 is 2.11 bits per heavy atom. The van der Waals surface area contributed by atoms with Crippen LogP contribution in [0.4, 0.5) is 0 Å². The predicted octanol–water partition coefficient (Wildman–Crippen LogP) is -0.314. The van der Waals surface area contributed by atoms with Gasteiger partial charge in [0.05, 0.1) is 6.61 Å². The van der Waals surface area contributed by atoms with Crippen molar-refractivity contribution in [2.24, 2.45) is 0 Å². The van der Waals surface area contributed by atoms with Crippen LogP contribution in [0.25, 0.3) is 0 Å². The van der Waals surface area contributed by atoms with Gasteiger partial charge < -0.3 is 24.3 Å². The number of hydrogen-bond acceptors (Lipinski definition) is 5. The van der Waals surface area contributed by atoms with Gasteiger partial charge in [-0.05, 0) is 19.9 Å². The fourth-order valence-electron chi connectivity index (χ4n) is 3.19. The number of carbonyl (C=O) groups is 1. The molecule has 1 spiro atoms. The molecule has 4 rings (SSSR count). The lowest BCUT2D eigenvalue weighted by atomic mass is 10.0. The Balaban J connectivity index is 1.69. The number of carbonyl (C=O) groups excluding carboxylic acids is 1. The second-order valence-electron chi connectivity index (χ2n) is 5.59. The molecule has 4 aliphatic heterocycles. The van der Waals surface area contributed by atoms with Crippen LogP contribution in [-0.4, -0.2) is 48.4 Å². The molecular weight excluding hydrogens is 238 g/mol. The second kappa shape index (κ2) is 3.14. The van der Waals surface area contributed by atoms with Crippen LogP contribution in [0.1, 0.15) is 13.8 Å². The minimum absolute atomic E-state index is 0.127. The molecule has 0 aromatic heterocycles. The van der Waals surface area contributed by atoms with E-state index in [9.17, 15) is 4.79 Å². The Hall–Kier alpha value is -0.950. The van der Waals surface area contributed by atoms with E-state index in [0.717, 1.165) is 0 Å². The molecule has 3 fully saturated rings. The maximum absolute atomic E-state index is 11.4. The molecule has 0 saturated carbocycles. The molecule has 0 aromatic carbocycles. The van der Waals surface area contributed by atoms with Gasteiger partial charge in [0.15, 0.2) is 11.5 Å². The lowest BCUT2D eigenvalue weighted by Crippen LogP contribution is -2.60. The molecule has 1 amide bonds. The molecule has 6 heteroatoms. The van der Waals surface area contributed by atoms with Crippen molar-refractivity contribution in [3.05, 3.63) is 12.2 Å². The Bertz CT molecular complexity index is 448. The fraction of sp³-hybridized carbons (Fsp3) is 0.750. The topological polar surface area (TPSA) is 66.0 Å². The molecule has 2 bridgehead atoms. The van der Waals surface area contributed by atoms with Gasteiger partial charge in [0.1, 0.15) is 24.4 Å². The van der Waals surface area contributed by atoms with Gasteiger partial charge in [0, 0.05) is 6.08 Å². The van der Waals surface area contributed by atoms with Crippen LogP contribution in [0.3, 0.4) is 0 Å². The maximum Gasteiger partial charge on any atom is 0.246 e. The van der Waals surface area contributed by atoms with Crippen molar-refractivity contribution in [1.29, 1.82) is 0 Å². The van der Waals surface area contributed by atoms with Crippen molar-refractivity contribution >= 4 is 5.91 Å². The summed E-state index contributed by atoms with van der Waals surface area (Å²) in [6.45, 7) is 4.16. The largest absolute Gasteiger partial charge is 0.362 e. The first-order valence-corrected chi connectivity index (χ1v) is 6.16. The van der Waals surface area contributed by atoms with Crippen LogP contribution in [-0.2, 0) is 23.7 Å². The van der Waals surface area contributed by atoms with E-state index in [2.05, 4.69) is 5.32 Å². The van der Waals surface area contributed by atoms with Crippen molar-refractivity contribution in [1.82, 2.24) is 5.32 Å². The molecule has 0 radical (unpaired) electrons. The zero-order valence-corrected chi connectivity index (χ0v) is 10.2. The lowest BCUT2D eigenvalue weighted by Gasteiger charge is -2.39. The van der Waals surface area contributed by atoms with Gasteiger partial charge in [0.2, 0.25) is 5.91 Å². The van der Waals surface area contributed by atoms with Crippen LogP contribution < -0.4 is 5.32 Å². The van der Waals surface area contributed by atoms with Crippen LogP contribution in [0, 0.1) is 0 Å². The third kappa shape index (κ3) is 1.29. The minimum atomic E-state index is -0.892. The van der Waals surface area contributed by atoms with Gasteiger partial charge >= 0.3 is 0 Å². The molecule has 0 unspecified atom stereocenters. The smallest absolute Gasteiger partial charge is 0.246 e. The summed E-state index contributed by atoms with van der Waals surface area (Å²) in [5, 5.41) is 2.80. The average Bonchev–Trinajstić information content (AvgIpc) is 2.88. The lowest BCUT2D eigenvalue weighted by molar-refractivity contribution is -0.254. The molecule has 0 aliphatic carbocycles. The third-order valence-corrected chi connectivity index (χ3v) is 3.86. The minimum Gasteiger partial charge on any atom is -0.362 e. The third-order valence-electron chi connectivity index (χ3n) is 3.86. The normalized spacial score (nSPS) is 51.8. The molecule has 1 N–H and O–H groups in total. The number of amides is 1. The first-order valence-electron chi connectivity index (χ1n) is 6.16. The van der Waals surface area contributed by atoms with Crippen LogP contribution in [0.5, 0.6) is 0 Å². The summed E-state index contributed by atoms with van der Waals surface area (Å²) < 4.78 is 23.4. The van der Waals surface area contributed by atoms with E-state index < -0.39 is 11.5 Å². The molecule has 3 saturated heterocycles. The van der Waals surface area contributed by atoms with E-state index in [1.54, 1.807) is 6.08 Å². The first-order chi connectivity index (χ1) is 8.49. The monoisotopic (exact) mass is 253 g/mol. The predicted molar refractivity (Wildman–Crippen MR) is 58.5 cm³/mol. The average molecular weight is 253 g/mol. The standard InChI is InChI=1S/C12H15NO5/c1-11(2)17-8-6-5-15-12(4-3-7(14)13-12)10(16-6)9(8)18-11/h3-4,6,8-10H,5H2,1-2H3,(H,13,14)/t6-,8-,9-,10-,12+/m1/s1. The number of rotatable bonds is 0. The highest BCUT2D eigenvalue weighted by molar-refractivity contribution is 5.91. The number of hydrogen-bond donors (Lipinski definition) is 1. The summed E-state index contributed by atoms with van der Waals surface area (Å²) in [7, 11) is 0. The number of ether oxygens (including phenoxy) is 4. The molecule has 18 heavy (non-hydrogen) atoms. The van der Waals surface area contributed by atoms with E-state index in [1.807, 2.05) is 13.8 Å². The zero-order valence-electron chi connectivity index (χ0n) is 10.2. The van der Waals surface area contributed by atoms with Crippen LogP contribution >= 0.6 is 0 Å². The number of nitrogens with one attached hydrogen (secondary N) is 1. The van der Waals surface area contributed by atoms with E-state index in [1.165, 1.54) is 6.08 Å². The molecule has 5 atom stereocenters. The number of fused-ring (bicyclic) bond motifs is 6. The van der Waals surface area contributed by atoms with Gasteiger partial charge in [-0.25, -0.2) is 0 Å². The summed E-state index contributed by atoms with van der Waals surface area (Å²) >= 11 is 0. The Kier molecular flexibility index (Phi) is 1.90. The zero-order chi connectivity index (χ0) is 12.5. The maximum atomic E-state index is 11.4. The quantitative estimate of drug-likeness (QED) is 0.641. The molecule has 4 aliphatic rings. The summed E-state index contributed by atoms with van der Waals surface area (Å²) in [5.74, 6) is -0.779. The summed E-state index contributed by atoms with van der Waals surface area (Å²) in [6, 6.07) is 0. The SMILES string of the molecule is CC1(C)O[C@@H]2[C@H](O1)[C@H]1CO[C@@]3(C=CC(=O)N3)[C@@H]2O1. The van der Waals surface area contributed by atoms with Gasteiger partial charge in [0.25, 0.3) is 0 Å². The van der Waals surface area contributed by atoms with Crippen molar-refractivity contribution in [2.45, 2.75) is 49.8 Å². The van der Waals surface area contributed by atoms with Gasteiger partial charge in [-0.1, -0.05) is 0 Å². The van der Waals surface area contributed by atoms with Crippen molar-refractivity contribution in [3.63, 3.8) is 0 Å². The summed E-state index contributed by atoms with van der Waals surface area (Å²) in [5.41, 5.74) is -0.892. The molecule has 98 valence electrons. The van der Waals surface area contributed by atoms with E-state index in [4.69, 9.17) is 18.9 Å². The van der Waals surface area contributed by atoms with Gasteiger partial charge in [-0.15, -0.1) is 0 Å².